The number of aliphatic hydroxyl groups is 1. The van der Waals surface area contributed by atoms with Gasteiger partial charge in [0.15, 0.2) is 0 Å². The van der Waals surface area contributed by atoms with Crippen molar-refractivity contribution in [1.29, 1.82) is 0 Å². The molecule has 1 amide bonds. The van der Waals surface area contributed by atoms with Gasteiger partial charge in [-0.1, -0.05) is 57.5 Å². The highest BCUT2D eigenvalue weighted by atomic mass is 16.3. The SMILES string of the molecule is CC.CCCC(O)C(=O)NCc1ccccc1. The summed E-state index contributed by atoms with van der Waals surface area (Å²) in [5.74, 6) is -0.291. The van der Waals surface area contributed by atoms with Gasteiger partial charge in [0, 0.05) is 6.54 Å². The van der Waals surface area contributed by atoms with E-state index in [2.05, 4.69) is 5.32 Å². The Morgan fingerprint density at radius 1 is 1.29 bits per heavy atom. The van der Waals surface area contributed by atoms with Crippen molar-refractivity contribution in [1.82, 2.24) is 5.32 Å². The van der Waals surface area contributed by atoms with Gasteiger partial charge in [0.05, 0.1) is 0 Å². The first-order valence-corrected chi connectivity index (χ1v) is 6.23. The maximum absolute atomic E-state index is 11.3. The number of nitrogens with one attached hydrogen (secondary N) is 1. The van der Waals surface area contributed by atoms with E-state index >= 15 is 0 Å². The number of rotatable bonds is 5. The van der Waals surface area contributed by atoms with Crippen LogP contribution in [0.25, 0.3) is 0 Å². The zero-order valence-corrected chi connectivity index (χ0v) is 10.9. The van der Waals surface area contributed by atoms with E-state index in [9.17, 15) is 9.90 Å². The zero-order chi connectivity index (χ0) is 13.1. The van der Waals surface area contributed by atoms with Gasteiger partial charge in [-0.15, -0.1) is 0 Å². The standard InChI is InChI=1S/C12H17NO2.C2H6/c1-2-6-11(14)12(15)13-9-10-7-4-3-5-8-10;1-2/h3-5,7-8,11,14H,2,6,9H2,1H3,(H,13,15);1-2H3. The molecule has 0 fully saturated rings. The Morgan fingerprint density at radius 2 is 1.88 bits per heavy atom. The van der Waals surface area contributed by atoms with Crippen LogP contribution in [0.2, 0.25) is 0 Å². The lowest BCUT2D eigenvalue weighted by Gasteiger charge is -2.10. The van der Waals surface area contributed by atoms with Crippen molar-refractivity contribution in [2.24, 2.45) is 0 Å². The normalized spacial score (nSPS) is 11.1. The average Bonchev–Trinajstić information content (AvgIpc) is 2.40. The van der Waals surface area contributed by atoms with Gasteiger partial charge in [0.1, 0.15) is 6.10 Å². The fraction of sp³-hybridized carbons (Fsp3) is 0.500. The Kier molecular flexibility index (Phi) is 9.06. The number of carbonyl (C=O) groups excluding carboxylic acids is 1. The molecule has 3 nitrogen and oxygen atoms in total. The first kappa shape index (κ1) is 15.7. The van der Waals surface area contributed by atoms with E-state index in [0.29, 0.717) is 13.0 Å². The molecule has 0 aromatic heterocycles. The largest absolute Gasteiger partial charge is 0.383 e. The third-order valence-corrected chi connectivity index (χ3v) is 2.17. The summed E-state index contributed by atoms with van der Waals surface area (Å²) in [5, 5.41) is 12.1. The lowest BCUT2D eigenvalue weighted by molar-refractivity contribution is -0.129. The monoisotopic (exact) mass is 237 g/mol. The van der Waals surface area contributed by atoms with Gasteiger partial charge in [0.2, 0.25) is 5.91 Å². The van der Waals surface area contributed by atoms with Crippen LogP contribution in [0.5, 0.6) is 0 Å². The molecule has 96 valence electrons. The summed E-state index contributed by atoms with van der Waals surface area (Å²) in [7, 11) is 0. The Hall–Kier alpha value is -1.35. The highest BCUT2D eigenvalue weighted by Gasteiger charge is 2.12. The Morgan fingerprint density at radius 3 is 2.41 bits per heavy atom. The van der Waals surface area contributed by atoms with Crippen molar-refractivity contribution in [3.63, 3.8) is 0 Å². The minimum atomic E-state index is -0.876. The van der Waals surface area contributed by atoms with E-state index in [1.54, 1.807) is 0 Å². The minimum absolute atomic E-state index is 0.291. The molecule has 3 heteroatoms. The van der Waals surface area contributed by atoms with Crippen LogP contribution in [-0.2, 0) is 11.3 Å². The van der Waals surface area contributed by atoms with Gasteiger partial charge in [-0.25, -0.2) is 0 Å². The van der Waals surface area contributed by atoms with Crippen molar-refractivity contribution in [2.75, 3.05) is 0 Å². The summed E-state index contributed by atoms with van der Waals surface area (Å²) in [6, 6.07) is 9.64. The number of hydrogen-bond donors (Lipinski definition) is 2. The molecule has 0 aliphatic rings. The fourth-order valence-electron chi connectivity index (χ4n) is 1.31. The Labute approximate surface area is 104 Å². The second-order valence-electron chi connectivity index (χ2n) is 3.51. The van der Waals surface area contributed by atoms with Crippen molar-refractivity contribution < 1.29 is 9.90 Å². The van der Waals surface area contributed by atoms with E-state index in [4.69, 9.17) is 0 Å². The predicted octanol–water partition coefficient (Wildman–Crippen LogP) is 2.49. The summed E-state index contributed by atoms with van der Waals surface area (Å²) < 4.78 is 0. The van der Waals surface area contributed by atoms with Gasteiger partial charge in [-0.2, -0.15) is 0 Å². The van der Waals surface area contributed by atoms with Crippen LogP contribution in [0.3, 0.4) is 0 Å². The number of aliphatic hydroxyl groups excluding tert-OH is 1. The van der Waals surface area contributed by atoms with Gasteiger partial charge in [-0.3, -0.25) is 4.79 Å². The van der Waals surface area contributed by atoms with E-state index in [1.165, 1.54) is 0 Å². The molecule has 0 radical (unpaired) electrons. The number of benzene rings is 1. The Balaban J connectivity index is 0.00000121. The third-order valence-electron chi connectivity index (χ3n) is 2.17. The first-order chi connectivity index (χ1) is 8.24. The molecule has 1 rings (SSSR count). The summed E-state index contributed by atoms with van der Waals surface area (Å²) in [6.07, 6.45) is 0.444. The maximum Gasteiger partial charge on any atom is 0.249 e. The second kappa shape index (κ2) is 9.85. The quantitative estimate of drug-likeness (QED) is 0.826. The van der Waals surface area contributed by atoms with Crippen LogP contribution in [-0.4, -0.2) is 17.1 Å². The summed E-state index contributed by atoms with van der Waals surface area (Å²) in [5.41, 5.74) is 1.04. The van der Waals surface area contributed by atoms with Crippen LogP contribution in [0.1, 0.15) is 39.2 Å². The molecule has 1 aromatic rings. The lowest BCUT2D eigenvalue weighted by atomic mass is 10.2. The molecule has 0 saturated carbocycles. The molecule has 17 heavy (non-hydrogen) atoms. The zero-order valence-electron chi connectivity index (χ0n) is 10.9. The van der Waals surface area contributed by atoms with Crippen LogP contribution in [0.4, 0.5) is 0 Å². The first-order valence-electron chi connectivity index (χ1n) is 6.23. The summed E-state index contributed by atoms with van der Waals surface area (Å²) >= 11 is 0. The maximum atomic E-state index is 11.3. The van der Waals surface area contributed by atoms with Crippen LogP contribution < -0.4 is 5.32 Å². The number of carbonyl (C=O) groups is 1. The van der Waals surface area contributed by atoms with Gasteiger partial charge in [-0.05, 0) is 12.0 Å². The number of amides is 1. The Bertz CT molecular complexity index is 298. The molecule has 1 atom stereocenters. The average molecular weight is 237 g/mol. The van der Waals surface area contributed by atoms with Gasteiger partial charge in [0.25, 0.3) is 0 Å². The van der Waals surface area contributed by atoms with Crippen LogP contribution >= 0.6 is 0 Å². The van der Waals surface area contributed by atoms with Crippen molar-refractivity contribution in [3.05, 3.63) is 35.9 Å². The third kappa shape index (κ3) is 6.74. The van der Waals surface area contributed by atoms with E-state index in [1.807, 2.05) is 51.1 Å². The van der Waals surface area contributed by atoms with E-state index in [0.717, 1.165) is 12.0 Å². The van der Waals surface area contributed by atoms with Crippen molar-refractivity contribution in [3.8, 4) is 0 Å². The molecular formula is C14H23NO2. The smallest absolute Gasteiger partial charge is 0.249 e. The molecular weight excluding hydrogens is 214 g/mol. The van der Waals surface area contributed by atoms with Crippen LogP contribution in [0.15, 0.2) is 30.3 Å². The number of hydrogen-bond acceptors (Lipinski definition) is 2. The highest BCUT2D eigenvalue weighted by Crippen LogP contribution is 1.99. The molecule has 0 spiro atoms. The molecule has 0 heterocycles. The summed E-state index contributed by atoms with van der Waals surface area (Å²) in [6.45, 7) is 6.41. The molecule has 2 N–H and O–H groups in total. The second-order valence-corrected chi connectivity index (χ2v) is 3.51. The molecule has 1 aromatic carbocycles. The molecule has 0 aliphatic heterocycles. The molecule has 0 bridgehead atoms. The lowest BCUT2D eigenvalue weighted by Crippen LogP contribution is -2.33. The van der Waals surface area contributed by atoms with Gasteiger partial charge >= 0.3 is 0 Å². The summed E-state index contributed by atoms with van der Waals surface area (Å²) in [4.78, 5) is 11.3. The molecule has 0 saturated heterocycles. The minimum Gasteiger partial charge on any atom is -0.383 e. The highest BCUT2D eigenvalue weighted by molar-refractivity contribution is 5.80. The molecule has 1 unspecified atom stereocenters. The topological polar surface area (TPSA) is 49.3 Å². The fourth-order valence-corrected chi connectivity index (χ4v) is 1.31. The van der Waals surface area contributed by atoms with Gasteiger partial charge < -0.3 is 10.4 Å². The van der Waals surface area contributed by atoms with Crippen molar-refractivity contribution >= 4 is 5.91 Å². The van der Waals surface area contributed by atoms with E-state index < -0.39 is 6.10 Å². The van der Waals surface area contributed by atoms with Crippen LogP contribution in [0, 0.1) is 0 Å². The molecule has 0 aliphatic carbocycles. The predicted molar refractivity (Wildman–Crippen MR) is 70.6 cm³/mol. The van der Waals surface area contributed by atoms with Crippen molar-refractivity contribution in [2.45, 2.75) is 46.3 Å². The van der Waals surface area contributed by atoms with E-state index in [-0.39, 0.29) is 5.91 Å².